The average molecular weight is 431 g/mol. The van der Waals surface area contributed by atoms with E-state index in [9.17, 15) is 19.2 Å². The van der Waals surface area contributed by atoms with Crippen LogP contribution in [0.3, 0.4) is 0 Å². The van der Waals surface area contributed by atoms with E-state index >= 15 is 0 Å². The minimum Gasteiger partial charge on any atom is -0.480 e. The summed E-state index contributed by atoms with van der Waals surface area (Å²) in [5, 5.41) is 14.7. The molecule has 2 aromatic rings. The predicted octanol–water partition coefficient (Wildman–Crippen LogP) is -0.572. The summed E-state index contributed by atoms with van der Waals surface area (Å²) in [6.45, 7) is 0.531. The van der Waals surface area contributed by atoms with E-state index < -0.39 is 23.8 Å². The number of amides is 2. The number of nitrogens with two attached hydrogens (primary N) is 3. The molecule has 0 unspecified atom stereocenters. The number of hydrogen-bond acceptors (Lipinski definition) is 8. The van der Waals surface area contributed by atoms with Gasteiger partial charge < -0.3 is 32.9 Å². The number of anilines is 3. The zero-order valence-corrected chi connectivity index (χ0v) is 16.7. The van der Waals surface area contributed by atoms with Crippen molar-refractivity contribution in [3.05, 3.63) is 45.7 Å². The molecule has 12 nitrogen and oxygen atoms in total. The first-order chi connectivity index (χ1) is 14.7. The normalized spacial score (nSPS) is 11.5. The summed E-state index contributed by atoms with van der Waals surface area (Å²) >= 11 is 0. The number of aromatic amines is 1. The number of carboxylic acids is 1. The number of H-pyrrole nitrogens is 1. The van der Waals surface area contributed by atoms with E-state index in [1.807, 2.05) is 0 Å². The van der Waals surface area contributed by atoms with Crippen LogP contribution in [0.25, 0.3) is 0 Å². The van der Waals surface area contributed by atoms with Crippen LogP contribution in [0.5, 0.6) is 0 Å². The largest absolute Gasteiger partial charge is 0.480 e. The predicted molar refractivity (Wildman–Crippen MR) is 114 cm³/mol. The third-order valence-corrected chi connectivity index (χ3v) is 4.43. The highest BCUT2D eigenvalue weighted by Gasteiger charge is 2.21. The maximum absolute atomic E-state index is 12.3. The molecule has 0 aliphatic carbocycles. The third kappa shape index (κ3) is 7.03. The first-order valence-corrected chi connectivity index (χ1v) is 9.47. The van der Waals surface area contributed by atoms with E-state index in [1.165, 1.54) is 12.1 Å². The molecule has 10 N–H and O–H groups in total. The van der Waals surface area contributed by atoms with Gasteiger partial charge in [-0.1, -0.05) is 0 Å². The summed E-state index contributed by atoms with van der Waals surface area (Å²) in [4.78, 5) is 52.4. The smallest absolute Gasteiger partial charge is 0.326 e. The molecule has 12 heteroatoms. The van der Waals surface area contributed by atoms with E-state index in [1.54, 1.807) is 12.1 Å². The van der Waals surface area contributed by atoms with Gasteiger partial charge in [0.15, 0.2) is 0 Å². The number of carboxylic acid groups (broad SMARTS) is 1. The molecule has 0 aliphatic heterocycles. The van der Waals surface area contributed by atoms with Crippen LogP contribution in [-0.4, -0.2) is 45.4 Å². The quantitative estimate of drug-likeness (QED) is 0.226. The van der Waals surface area contributed by atoms with Gasteiger partial charge in [-0.2, -0.15) is 4.98 Å². The molecule has 0 radical (unpaired) electrons. The van der Waals surface area contributed by atoms with Crippen LogP contribution in [0.2, 0.25) is 0 Å². The minimum absolute atomic E-state index is 0.0314. The van der Waals surface area contributed by atoms with Crippen molar-refractivity contribution in [2.45, 2.75) is 31.7 Å². The molecule has 166 valence electrons. The molecule has 0 saturated heterocycles. The van der Waals surface area contributed by atoms with Gasteiger partial charge in [-0.25, -0.2) is 4.79 Å². The van der Waals surface area contributed by atoms with Crippen molar-refractivity contribution in [3.63, 3.8) is 0 Å². The lowest BCUT2D eigenvalue weighted by atomic mass is 10.1. The number of benzene rings is 1. The first-order valence-electron chi connectivity index (χ1n) is 9.47. The van der Waals surface area contributed by atoms with Crippen LogP contribution in [0.15, 0.2) is 29.1 Å². The Kier molecular flexibility index (Phi) is 7.94. The second kappa shape index (κ2) is 10.6. The Balaban J connectivity index is 1.86. The maximum Gasteiger partial charge on any atom is 0.326 e. The molecular weight excluding hydrogens is 406 g/mol. The van der Waals surface area contributed by atoms with Gasteiger partial charge in [0.1, 0.15) is 11.9 Å². The van der Waals surface area contributed by atoms with E-state index in [-0.39, 0.29) is 35.7 Å². The lowest BCUT2D eigenvalue weighted by molar-refractivity contribution is -0.139. The Labute approximate surface area is 177 Å². The molecule has 0 spiro atoms. The van der Waals surface area contributed by atoms with Crippen LogP contribution in [0.4, 0.5) is 17.5 Å². The summed E-state index contributed by atoms with van der Waals surface area (Å²) in [5.74, 6) is -2.39. The van der Waals surface area contributed by atoms with Crippen molar-refractivity contribution in [2.24, 2.45) is 5.73 Å². The number of aliphatic carboxylic acids is 1. The van der Waals surface area contributed by atoms with Gasteiger partial charge in [0.25, 0.3) is 11.5 Å². The van der Waals surface area contributed by atoms with Crippen LogP contribution in [-0.2, 0) is 16.0 Å². The first kappa shape index (κ1) is 23.2. The number of carbonyl (C=O) groups excluding carboxylic acids is 2. The average Bonchev–Trinajstić information content (AvgIpc) is 2.69. The fourth-order valence-electron chi connectivity index (χ4n) is 2.80. The number of primary amides is 1. The number of nitrogens with zero attached hydrogens (tertiary/aromatic N) is 1. The van der Waals surface area contributed by atoms with Gasteiger partial charge in [-0.3, -0.25) is 19.4 Å². The topological polar surface area (TPSA) is 219 Å². The standard InChI is InChI=1S/C19H25N7O5/c20-14(27)8-7-13(18(30)31)24-16(28)10-3-5-11(6-4-10)23-9-1-2-12-15(21)25-19(22)26-17(12)29/h3-6,13,23H,1-2,7-9H2,(H2,20,27)(H,24,28)(H,30,31)(H5,21,22,25,26,29)/t13-/m0/s1. The number of rotatable bonds is 11. The summed E-state index contributed by atoms with van der Waals surface area (Å²) in [5.41, 5.74) is 17.2. The van der Waals surface area contributed by atoms with Crippen LogP contribution < -0.4 is 33.4 Å². The third-order valence-electron chi connectivity index (χ3n) is 4.43. The fourth-order valence-corrected chi connectivity index (χ4v) is 2.80. The van der Waals surface area contributed by atoms with Crippen molar-refractivity contribution in [1.82, 2.24) is 15.3 Å². The van der Waals surface area contributed by atoms with Gasteiger partial charge in [0.2, 0.25) is 11.9 Å². The Hall–Kier alpha value is -4.09. The SMILES string of the molecule is NC(=O)CC[C@H](NC(=O)c1ccc(NCCCc2c(N)nc(N)[nH]c2=O)cc1)C(=O)O. The molecule has 1 heterocycles. The van der Waals surface area contributed by atoms with Gasteiger partial charge in [-0.15, -0.1) is 0 Å². The molecule has 1 aromatic heterocycles. The lowest BCUT2D eigenvalue weighted by Crippen LogP contribution is -2.41. The van der Waals surface area contributed by atoms with Crippen molar-refractivity contribution in [1.29, 1.82) is 0 Å². The molecule has 0 saturated carbocycles. The number of aromatic nitrogens is 2. The van der Waals surface area contributed by atoms with Crippen LogP contribution in [0, 0.1) is 0 Å². The lowest BCUT2D eigenvalue weighted by Gasteiger charge is -2.14. The van der Waals surface area contributed by atoms with Gasteiger partial charge in [0.05, 0.1) is 5.56 Å². The second-order valence-corrected chi connectivity index (χ2v) is 6.79. The van der Waals surface area contributed by atoms with Crippen molar-refractivity contribution < 1.29 is 19.5 Å². The molecule has 0 bridgehead atoms. The van der Waals surface area contributed by atoms with E-state index in [0.29, 0.717) is 24.9 Å². The van der Waals surface area contributed by atoms with E-state index in [2.05, 4.69) is 20.6 Å². The van der Waals surface area contributed by atoms with Crippen molar-refractivity contribution in [3.8, 4) is 0 Å². The Morgan fingerprint density at radius 1 is 1.16 bits per heavy atom. The molecule has 1 atom stereocenters. The summed E-state index contributed by atoms with van der Waals surface area (Å²) in [6.07, 6.45) is 0.766. The van der Waals surface area contributed by atoms with Crippen molar-refractivity contribution >= 4 is 35.2 Å². The molecule has 2 amide bonds. The summed E-state index contributed by atoms with van der Waals surface area (Å²) in [6, 6.07) is 5.20. The highest BCUT2D eigenvalue weighted by Crippen LogP contribution is 2.12. The Bertz CT molecular complexity index is 1000. The molecule has 2 rings (SSSR count). The number of nitrogens with one attached hydrogen (secondary N) is 3. The van der Waals surface area contributed by atoms with Gasteiger partial charge >= 0.3 is 5.97 Å². The van der Waals surface area contributed by atoms with E-state index in [4.69, 9.17) is 22.3 Å². The molecule has 0 aliphatic rings. The number of hydrogen-bond donors (Lipinski definition) is 7. The van der Waals surface area contributed by atoms with Gasteiger partial charge in [0, 0.05) is 24.2 Å². The number of carbonyl (C=O) groups is 3. The zero-order valence-electron chi connectivity index (χ0n) is 16.7. The second-order valence-electron chi connectivity index (χ2n) is 6.79. The zero-order chi connectivity index (χ0) is 23.0. The monoisotopic (exact) mass is 431 g/mol. The highest BCUT2D eigenvalue weighted by molar-refractivity contribution is 5.97. The van der Waals surface area contributed by atoms with Gasteiger partial charge in [-0.05, 0) is 43.5 Å². The van der Waals surface area contributed by atoms with Crippen LogP contribution >= 0.6 is 0 Å². The van der Waals surface area contributed by atoms with Crippen LogP contribution in [0.1, 0.15) is 35.2 Å². The minimum atomic E-state index is -1.25. The molecule has 1 aromatic carbocycles. The van der Waals surface area contributed by atoms with E-state index in [0.717, 1.165) is 5.69 Å². The summed E-state index contributed by atoms with van der Waals surface area (Å²) in [7, 11) is 0. The van der Waals surface area contributed by atoms with Crippen molar-refractivity contribution in [2.75, 3.05) is 23.3 Å². The molecule has 31 heavy (non-hydrogen) atoms. The fraction of sp³-hybridized carbons (Fsp3) is 0.316. The highest BCUT2D eigenvalue weighted by atomic mass is 16.4. The molecular formula is C19H25N7O5. The summed E-state index contributed by atoms with van der Waals surface area (Å²) < 4.78 is 0. The Morgan fingerprint density at radius 2 is 1.84 bits per heavy atom. The maximum atomic E-state index is 12.3. The Morgan fingerprint density at radius 3 is 2.42 bits per heavy atom. The molecule has 0 fully saturated rings. The number of nitrogen functional groups attached to an aromatic ring is 2.